The number of anilines is 1. The van der Waals surface area contributed by atoms with Gasteiger partial charge in [-0.3, -0.25) is 0 Å². The lowest BCUT2D eigenvalue weighted by Gasteiger charge is -2.23. The molecule has 0 aromatic heterocycles. The molecular weight excluding hydrogens is 272 g/mol. The van der Waals surface area contributed by atoms with Crippen molar-refractivity contribution in [3.05, 3.63) is 55.1 Å². The minimum absolute atomic E-state index is 0.362. The molecule has 0 aliphatic heterocycles. The van der Waals surface area contributed by atoms with E-state index in [1.807, 2.05) is 4.90 Å². The van der Waals surface area contributed by atoms with E-state index in [0.29, 0.717) is 23.8 Å². The Labute approximate surface area is 124 Å². The molecule has 0 saturated heterocycles. The van der Waals surface area contributed by atoms with E-state index in [9.17, 15) is 4.79 Å². The minimum atomic E-state index is -0.362. The van der Waals surface area contributed by atoms with Crippen molar-refractivity contribution in [2.45, 2.75) is 0 Å². The van der Waals surface area contributed by atoms with E-state index in [1.54, 1.807) is 36.4 Å². The van der Waals surface area contributed by atoms with Crippen LogP contribution in [0.1, 0.15) is 10.4 Å². The van der Waals surface area contributed by atoms with Gasteiger partial charge in [-0.1, -0.05) is 12.2 Å². The van der Waals surface area contributed by atoms with Crippen LogP contribution in [0.2, 0.25) is 0 Å². The molecule has 0 heterocycles. The average Bonchev–Trinajstić information content (AvgIpc) is 2.47. The summed E-state index contributed by atoms with van der Waals surface area (Å²) in [4.78, 5) is 13.2. The number of thiocarbonyl (C=S) groups is 1. The fraction of sp³-hybridized carbons (Fsp3) is 0.200. The Morgan fingerprint density at radius 1 is 1.30 bits per heavy atom. The highest BCUT2D eigenvalue weighted by Crippen LogP contribution is 2.11. The highest BCUT2D eigenvalue weighted by atomic mass is 32.1. The van der Waals surface area contributed by atoms with Gasteiger partial charge in [-0.25, -0.2) is 4.79 Å². The molecule has 1 aromatic rings. The third kappa shape index (κ3) is 4.51. The van der Waals surface area contributed by atoms with Crippen molar-refractivity contribution in [3.63, 3.8) is 0 Å². The number of carbonyl (C=O) groups excluding carboxylic acids is 1. The Kier molecular flexibility index (Phi) is 6.46. The Balaban J connectivity index is 2.71. The summed E-state index contributed by atoms with van der Waals surface area (Å²) < 4.78 is 4.64. The van der Waals surface area contributed by atoms with Crippen LogP contribution in [0.5, 0.6) is 0 Å². The molecule has 0 amide bonds. The second-order valence-electron chi connectivity index (χ2n) is 3.98. The molecule has 0 unspecified atom stereocenters. The van der Waals surface area contributed by atoms with Gasteiger partial charge in [0.05, 0.1) is 12.7 Å². The summed E-state index contributed by atoms with van der Waals surface area (Å²) in [6, 6.07) is 6.92. The van der Waals surface area contributed by atoms with Crippen molar-refractivity contribution < 1.29 is 9.53 Å². The van der Waals surface area contributed by atoms with E-state index < -0.39 is 0 Å². The van der Waals surface area contributed by atoms with Gasteiger partial charge in [0, 0.05) is 18.8 Å². The number of ether oxygens (including phenoxy) is 1. The van der Waals surface area contributed by atoms with Gasteiger partial charge in [0.2, 0.25) is 0 Å². The summed E-state index contributed by atoms with van der Waals surface area (Å²) >= 11 is 5.32. The van der Waals surface area contributed by atoms with Crippen molar-refractivity contribution in [3.8, 4) is 0 Å². The smallest absolute Gasteiger partial charge is 0.337 e. The summed E-state index contributed by atoms with van der Waals surface area (Å²) in [6.45, 7) is 8.67. The largest absolute Gasteiger partial charge is 0.465 e. The molecule has 0 aliphatic carbocycles. The number of rotatable bonds is 6. The number of methoxy groups -OCH3 is 1. The summed E-state index contributed by atoms with van der Waals surface area (Å²) in [6.07, 6.45) is 3.55. The van der Waals surface area contributed by atoms with Crippen molar-refractivity contribution >= 4 is 29.0 Å². The van der Waals surface area contributed by atoms with Crippen molar-refractivity contribution in [2.75, 3.05) is 25.5 Å². The van der Waals surface area contributed by atoms with E-state index >= 15 is 0 Å². The third-order valence-corrected chi connectivity index (χ3v) is 2.90. The molecule has 5 heteroatoms. The molecule has 1 rings (SSSR count). The first kappa shape index (κ1) is 15.9. The van der Waals surface area contributed by atoms with E-state index in [1.165, 1.54) is 7.11 Å². The van der Waals surface area contributed by atoms with Crippen LogP contribution in [0, 0.1) is 0 Å². The molecule has 0 radical (unpaired) electrons. The maximum absolute atomic E-state index is 11.3. The van der Waals surface area contributed by atoms with Crippen LogP contribution in [-0.4, -0.2) is 36.2 Å². The zero-order valence-corrected chi connectivity index (χ0v) is 12.3. The van der Waals surface area contributed by atoms with Crippen molar-refractivity contribution in [1.82, 2.24) is 4.90 Å². The summed E-state index contributed by atoms with van der Waals surface area (Å²) in [5, 5.41) is 3.68. The van der Waals surface area contributed by atoms with Crippen LogP contribution in [0.4, 0.5) is 5.69 Å². The molecule has 20 heavy (non-hydrogen) atoms. The average molecular weight is 290 g/mol. The standard InChI is InChI=1S/C15H18N2O2S/c1-4-10-17(11-5-2)15(20)16-13-8-6-12(7-9-13)14(18)19-3/h4-9H,1-2,10-11H2,3H3,(H,16,20). The molecule has 106 valence electrons. The number of nitrogens with one attached hydrogen (secondary N) is 1. The van der Waals surface area contributed by atoms with E-state index in [4.69, 9.17) is 12.2 Å². The van der Waals surface area contributed by atoms with Gasteiger partial charge in [0.1, 0.15) is 0 Å². The van der Waals surface area contributed by atoms with E-state index in [-0.39, 0.29) is 5.97 Å². The second kappa shape index (κ2) is 8.12. The number of hydrogen-bond donors (Lipinski definition) is 1. The third-order valence-electron chi connectivity index (χ3n) is 2.54. The lowest BCUT2D eigenvalue weighted by Crippen LogP contribution is -2.34. The topological polar surface area (TPSA) is 41.6 Å². The lowest BCUT2D eigenvalue weighted by atomic mass is 10.2. The predicted molar refractivity (Wildman–Crippen MR) is 86.0 cm³/mol. The molecule has 0 fully saturated rings. The van der Waals surface area contributed by atoms with Gasteiger partial charge in [-0.15, -0.1) is 13.2 Å². The van der Waals surface area contributed by atoms with Crippen LogP contribution < -0.4 is 5.32 Å². The van der Waals surface area contributed by atoms with Gasteiger partial charge in [-0.05, 0) is 36.5 Å². The highest BCUT2D eigenvalue weighted by Gasteiger charge is 2.08. The van der Waals surface area contributed by atoms with Crippen LogP contribution in [0.25, 0.3) is 0 Å². The predicted octanol–water partition coefficient (Wildman–Crippen LogP) is 2.84. The van der Waals surface area contributed by atoms with Gasteiger partial charge in [0.25, 0.3) is 0 Å². The first-order valence-corrected chi connectivity index (χ1v) is 6.49. The van der Waals surface area contributed by atoms with Crippen LogP contribution in [-0.2, 0) is 4.74 Å². The Morgan fingerprint density at radius 2 is 1.85 bits per heavy atom. The van der Waals surface area contributed by atoms with Gasteiger partial charge in [-0.2, -0.15) is 0 Å². The maximum atomic E-state index is 11.3. The second-order valence-corrected chi connectivity index (χ2v) is 4.37. The van der Waals surface area contributed by atoms with Crippen LogP contribution >= 0.6 is 12.2 Å². The molecule has 1 aromatic carbocycles. The molecule has 0 bridgehead atoms. The highest BCUT2D eigenvalue weighted by molar-refractivity contribution is 7.80. The Bertz CT molecular complexity index is 487. The molecule has 0 spiro atoms. The van der Waals surface area contributed by atoms with Crippen LogP contribution in [0.15, 0.2) is 49.6 Å². The number of carbonyl (C=O) groups is 1. The number of benzene rings is 1. The normalized spacial score (nSPS) is 9.45. The minimum Gasteiger partial charge on any atom is -0.465 e. The molecule has 0 aliphatic rings. The molecule has 4 nitrogen and oxygen atoms in total. The van der Waals surface area contributed by atoms with Crippen molar-refractivity contribution in [2.24, 2.45) is 0 Å². The quantitative estimate of drug-likeness (QED) is 0.496. The van der Waals surface area contributed by atoms with Gasteiger partial charge < -0.3 is 15.0 Å². The first-order valence-electron chi connectivity index (χ1n) is 6.08. The Morgan fingerprint density at radius 3 is 2.30 bits per heavy atom. The molecular formula is C15H18N2O2S. The zero-order chi connectivity index (χ0) is 15.0. The SMILES string of the molecule is C=CCN(CC=C)C(=S)Nc1ccc(C(=O)OC)cc1. The molecule has 1 N–H and O–H groups in total. The number of hydrogen-bond acceptors (Lipinski definition) is 3. The maximum Gasteiger partial charge on any atom is 0.337 e. The summed E-state index contributed by atoms with van der Waals surface area (Å²) in [7, 11) is 1.35. The first-order chi connectivity index (χ1) is 9.62. The molecule has 0 saturated carbocycles. The number of nitrogens with zero attached hydrogens (tertiary/aromatic N) is 1. The fourth-order valence-corrected chi connectivity index (χ4v) is 1.83. The van der Waals surface area contributed by atoms with Crippen molar-refractivity contribution in [1.29, 1.82) is 0 Å². The van der Waals surface area contributed by atoms with Gasteiger partial charge >= 0.3 is 5.97 Å². The summed E-state index contributed by atoms with van der Waals surface area (Å²) in [5.74, 6) is -0.362. The molecule has 0 atom stereocenters. The zero-order valence-electron chi connectivity index (χ0n) is 11.5. The monoisotopic (exact) mass is 290 g/mol. The fourth-order valence-electron chi connectivity index (χ4n) is 1.56. The van der Waals surface area contributed by atoms with E-state index in [0.717, 1.165) is 5.69 Å². The van der Waals surface area contributed by atoms with Gasteiger partial charge in [0.15, 0.2) is 5.11 Å². The lowest BCUT2D eigenvalue weighted by molar-refractivity contribution is 0.0601. The summed E-state index contributed by atoms with van der Waals surface area (Å²) in [5.41, 5.74) is 1.30. The van der Waals surface area contributed by atoms with E-state index in [2.05, 4.69) is 23.2 Å². The van der Waals surface area contributed by atoms with Crippen LogP contribution in [0.3, 0.4) is 0 Å². The Hall–Kier alpha value is -2.14. The number of esters is 1.